The molecule has 0 N–H and O–H groups in total. The standard InChI is InChI=1S/C17H18N2O/c20-17(13-7-4-2-1-3-5-8-13)14-9-6-10-15-16(14)19-12-11-18-15/h6-7,9-12H,1-5,8H2/b13-7+. The highest BCUT2D eigenvalue weighted by molar-refractivity contribution is 6.14. The molecule has 0 saturated heterocycles. The van der Waals surface area contributed by atoms with E-state index in [4.69, 9.17) is 0 Å². The van der Waals surface area contributed by atoms with E-state index in [0.29, 0.717) is 11.1 Å². The third kappa shape index (κ3) is 2.62. The molecule has 0 radical (unpaired) electrons. The summed E-state index contributed by atoms with van der Waals surface area (Å²) in [4.78, 5) is 21.3. The molecule has 0 aliphatic heterocycles. The molecule has 3 rings (SSSR count). The van der Waals surface area contributed by atoms with Crippen molar-refractivity contribution in [2.24, 2.45) is 0 Å². The maximum Gasteiger partial charge on any atom is 0.190 e. The molecule has 2 aromatic rings. The number of ketones is 1. The molecule has 0 unspecified atom stereocenters. The molecule has 3 nitrogen and oxygen atoms in total. The van der Waals surface area contributed by atoms with Crippen LogP contribution in [0.15, 0.2) is 42.2 Å². The number of para-hydroxylation sites is 1. The second-order valence-electron chi connectivity index (χ2n) is 5.24. The van der Waals surface area contributed by atoms with Crippen molar-refractivity contribution >= 4 is 16.8 Å². The van der Waals surface area contributed by atoms with Gasteiger partial charge >= 0.3 is 0 Å². The van der Waals surface area contributed by atoms with Gasteiger partial charge in [0.15, 0.2) is 5.78 Å². The first-order valence-electron chi connectivity index (χ1n) is 7.30. The van der Waals surface area contributed by atoms with Crippen LogP contribution in [0.3, 0.4) is 0 Å². The molecule has 1 aromatic heterocycles. The zero-order chi connectivity index (χ0) is 13.8. The molecule has 0 fully saturated rings. The molecule has 102 valence electrons. The lowest BCUT2D eigenvalue weighted by Crippen LogP contribution is -2.07. The fraction of sp³-hybridized carbons (Fsp3) is 0.353. The van der Waals surface area contributed by atoms with E-state index in [9.17, 15) is 4.79 Å². The van der Waals surface area contributed by atoms with Crippen molar-refractivity contribution in [3.63, 3.8) is 0 Å². The average Bonchev–Trinajstić information content (AvgIpc) is 2.46. The summed E-state index contributed by atoms with van der Waals surface area (Å²) >= 11 is 0. The predicted molar refractivity (Wildman–Crippen MR) is 79.7 cm³/mol. The molecule has 1 aromatic carbocycles. The van der Waals surface area contributed by atoms with Crippen molar-refractivity contribution in [3.8, 4) is 0 Å². The lowest BCUT2D eigenvalue weighted by atomic mass is 9.93. The number of fused-ring (bicyclic) bond motifs is 1. The Morgan fingerprint density at radius 2 is 1.85 bits per heavy atom. The Morgan fingerprint density at radius 1 is 1.00 bits per heavy atom. The van der Waals surface area contributed by atoms with Gasteiger partial charge in [0.2, 0.25) is 0 Å². The number of nitrogens with zero attached hydrogens (tertiary/aromatic N) is 2. The Morgan fingerprint density at radius 3 is 2.80 bits per heavy atom. The third-order valence-corrected chi connectivity index (χ3v) is 3.83. The summed E-state index contributed by atoms with van der Waals surface area (Å²) in [5.41, 5.74) is 3.12. The Hall–Kier alpha value is -2.03. The van der Waals surface area contributed by atoms with E-state index in [1.807, 2.05) is 18.2 Å². The van der Waals surface area contributed by atoms with E-state index in [-0.39, 0.29) is 5.78 Å². The van der Waals surface area contributed by atoms with Crippen LogP contribution in [0.2, 0.25) is 0 Å². The highest BCUT2D eigenvalue weighted by atomic mass is 16.1. The summed E-state index contributed by atoms with van der Waals surface area (Å²) in [5.74, 6) is 0.123. The van der Waals surface area contributed by atoms with Gasteiger partial charge in [0, 0.05) is 12.4 Å². The van der Waals surface area contributed by atoms with Crippen LogP contribution >= 0.6 is 0 Å². The first-order chi connectivity index (χ1) is 9.86. The molecule has 0 spiro atoms. The molecular weight excluding hydrogens is 248 g/mol. The van der Waals surface area contributed by atoms with Gasteiger partial charge < -0.3 is 0 Å². The summed E-state index contributed by atoms with van der Waals surface area (Å²) in [6.07, 6.45) is 12.1. The fourth-order valence-corrected chi connectivity index (χ4v) is 2.75. The topological polar surface area (TPSA) is 42.9 Å². The minimum Gasteiger partial charge on any atom is -0.289 e. The minimum atomic E-state index is 0.123. The Kier molecular flexibility index (Phi) is 3.86. The predicted octanol–water partition coefficient (Wildman–Crippen LogP) is 4.09. The SMILES string of the molecule is O=C(/C1=C/CCCCCC1)c1cccc2nccnc12. The van der Waals surface area contributed by atoms with Gasteiger partial charge in [0.05, 0.1) is 16.6 Å². The van der Waals surface area contributed by atoms with Crippen LogP contribution in [0.5, 0.6) is 0 Å². The maximum absolute atomic E-state index is 12.7. The van der Waals surface area contributed by atoms with Gasteiger partial charge in [-0.3, -0.25) is 14.8 Å². The zero-order valence-electron chi connectivity index (χ0n) is 11.5. The first kappa shape index (κ1) is 13.0. The van der Waals surface area contributed by atoms with Crippen molar-refractivity contribution in [2.45, 2.75) is 38.5 Å². The first-order valence-corrected chi connectivity index (χ1v) is 7.30. The molecule has 20 heavy (non-hydrogen) atoms. The summed E-state index contributed by atoms with van der Waals surface area (Å²) in [7, 11) is 0. The summed E-state index contributed by atoms with van der Waals surface area (Å²) in [5, 5.41) is 0. The van der Waals surface area contributed by atoms with Gasteiger partial charge in [0.25, 0.3) is 0 Å². The molecule has 1 aliphatic rings. The molecule has 1 aliphatic carbocycles. The molecule has 0 atom stereocenters. The van der Waals surface area contributed by atoms with Gasteiger partial charge in [-0.1, -0.05) is 25.0 Å². The van der Waals surface area contributed by atoms with Crippen LogP contribution in [0, 0.1) is 0 Å². The van der Waals surface area contributed by atoms with Crippen molar-refractivity contribution in [3.05, 3.63) is 47.8 Å². The summed E-state index contributed by atoms with van der Waals surface area (Å²) in [6, 6.07) is 5.64. The van der Waals surface area contributed by atoms with Crippen molar-refractivity contribution in [1.82, 2.24) is 9.97 Å². The van der Waals surface area contributed by atoms with Crippen LogP contribution in [0.1, 0.15) is 48.9 Å². The fourth-order valence-electron chi connectivity index (χ4n) is 2.75. The minimum absolute atomic E-state index is 0.123. The van der Waals surface area contributed by atoms with Crippen LogP contribution in [-0.2, 0) is 0 Å². The van der Waals surface area contributed by atoms with E-state index in [1.54, 1.807) is 12.4 Å². The average molecular weight is 266 g/mol. The Labute approximate surface area is 118 Å². The van der Waals surface area contributed by atoms with Gasteiger partial charge in [-0.05, 0) is 43.4 Å². The Balaban J connectivity index is 1.99. The van der Waals surface area contributed by atoms with Gasteiger partial charge in [0.1, 0.15) is 0 Å². The highest BCUT2D eigenvalue weighted by Gasteiger charge is 2.16. The zero-order valence-corrected chi connectivity index (χ0v) is 11.5. The number of Topliss-reactive ketones (excluding diaryl/α,β-unsaturated/α-hetero) is 1. The normalized spacial score (nSPS) is 18.9. The van der Waals surface area contributed by atoms with Crippen molar-refractivity contribution in [1.29, 1.82) is 0 Å². The van der Waals surface area contributed by atoms with E-state index in [2.05, 4.69) is 16.0 Å². The second kappa shape index (κ2) is 5.95. The quantitative estimate of drug-likeness (QED) is 0.769. The van der Waals surface area contributed by atoms with Crippen LogP contribution in [0.25, 0.3) is 11.0 Å². The number of hydrogen-bond donors (Lipinski definition) is 0. The van der Waals surface area contributed by atoms with Gasteiger partial charge in [-0.25, -0.2) is 0 Å². The third-order valence-electron chi connectivity index (χ3n) is 3.83. The number of carbonyl (C=O) groups is 1. The van der Waals surface area contributed by atoms with Crippen molar-refractivity contribution < 1.29 is 4.79 Å². The largest absolute Gasteiger partial charge is 0.289 e. The highest BCUT2D eigenvalue weighted by Crippen LogP contribution is 2.23. The van der Waals surface area contributed by atoms with Crippen molar-refractivity contribution in [2.75, 3.05) is 0 Å². The second-order valence-corrected chi connectivity index (χ2v) is 5.24. The number of allylic oxidation sites excluding steroid dienone is 2. The Bertz CT molecular complexity index is 656. The van der Waals surface area contributed by atoms with Gasteiger partial charge in [-0.15, -0.1) is 0 Å². The molecule has 0 bridgehead atoms. The number of carbonyl (C=O) groups excluding carboxylic acids is 1. The molecule has 3 heteroatoms. The van der Waals surface area contributed by atoms with Gasteiger partial charge in [-0.2, -0.15) is 0 Å². The van der Waals surface area contributed by atoms with E-state index >= 15 is 0 Å². The number of benzene rings is 1. The number of hydrogen-bond acceptors (Lipinski definition) is 3. The van der Waals surface area contributed by atoms with E-state index in [1.165, 1.54) is 19.3 Å². The number of aromatic nitrogens is 2. The number of rotatable bonds is 2. The van der Waals surface area contributed by atoms with E-state index in [0.717, 1.165) is 30.4 Å². The van der Waals surface area contributed by atoms with E-state index < -0.39 is 0 Å². The lowest BCUT2D eigenvalue weighted by molar-refractivity contribution is 0.103. The monoisotopic (exact) mass is 266 g/mol. The maximum atomic E-state index is 12.7. The lowest BCUT2D eigenvalue weighted by Gasteiger charge is -2.11. The molecule has 0 amide bonds. The molecule has 0 saturated carbocycles. The van der Waals surface area contributed by atoms with Crippen LogP contribution in [0.4, 0.5) is 0 Å². The summed E-state index contributed by atoms with van der Waals surface area (Å²) in [6.45, 7) is 0. The van der Waals surface area contributed by atoms with Crippen LogP contribution < -0.4 is 0 Å². The summed E-state index contributed by atoms with van der Waals surface area (Å²) < 4.78 is 0. The molecule has 1 heterocycles. The van der Waals surface area contributed by atoms with Crippen LogP contribution in [-0.4, -0.2) is 15.8 Å². The smallest absolute Gasteiger partial charge is 0.190 e. The molecular formula is C17H18N2O.